The molecule has 32 heavy (non-hydrogen) atoms. The first-order valence-corrected chi connectivity index (χ1v) is 14.0. The summed E-state index contributed by atoms with van der Waals surface area (Å²) in [7, 11) is -7.77. The van der Waals surface area contributed by atoms with Crippen molar-refractivity contribution >= 4 is 20.2 Å². The fourth-order valence-electron chi connectivity index (χ4n) is 4.95. The molecule has 0 spiro atoms. The second-order valence-electron chi connectivity index (χ2n) is 8.99. The summed E-state index contributed by atoms with van der Waals surface area (Å²) in [6.45, 7) is 3.80. The summed E-state index contributed by atoms with van der Waals surface area (Å²) < 4.78 is 62.9. The molecule has 0 radical (unpaired) electrons. The van der Waals surface area contributed by atoms with Crippen LogP contribution in [0.4, 0.5) is 0 Å². The predicted molar refractivity (Wildman–Crippen MR) is 121 cm³/mol. The van der Waals surface area contributed by atoms with Crippen molar-refractivity contribution in [2.24, 2.45) is 11.8 Å². The van der Waals surface area contributed by atoms with Gasteiger partial charge in [-0.2, -0.15) is 16.8 Å². The van der Waals surface area contributed by atoms with Gasteiger partial charge in [0.25, 0.3) is 20.2 Å². The van der Waals surface area contributed by atoms with Crippen molar-refractivity contribution in [1.29, 1.82) is 0 Å². The van der Waals surface area contributed by atoms with Gasteiger partial charge in [-0.25, -0.2) is 0 Å². The van der Waals surface area contributed by atoms with Crippen LogP contribution in [0.25, 0.3) is 0 Å². The summed E-state index contributed by atoms with van der Waals surface area (Å²) in [4.78, 5) is 0.298. The summed E-state index contributed by atoms with van der Waals surface area (Å²) in [6, 6.07) is 13.2. The maximum atomic E-state index is 12.9. The number of aryl methyl sites for hydroxylation is 2. The van der Waals surface area contributed by atoms with Gasteiger partial charge in [-0.1, -0.05) is 48.2 Å². The van der Waals surface area contributed by atoms with Gasteiger partial charge in [0.2, 0.25) is 0 Å². The van der Waals surface area contributed by atoms with E-state index in [9.17, 15) is 16.8 Å². The van der Waals surface area contributed by atoms with Crippen LogP contribution in [0.3, 0.4) is 0 Å². The van der Waals surface area contributed by atoms with Crippen LogP contribution in [0.1, 0.15) is 49.7 Å². The third-order valence-corrected chi connectivity index (χ3v) is 9.39. The first-order valence-electron chi connectivity index (χ1n) is 11.2. The van der Waals surface area contributed by atoms with Gasteiger partial charge in [-0.05, 0) is 75.6 Å². The zero-order chi connectivity index (χ0) is 22.9. The number of hydrogen-bond donors (Lipinski definition) is 0. The monoisotopic (exact) mass is 478 g/mol. The van der Waals surface area contributed by atoms with Crippen LogP contribution < -0.4 is 0 Å². The first kappa shape index (κ1) is 23.4. The molecule has 0 N–H and O–H groups in total. The van der Waals surface area contributed by atoms with Gasteiger partial charge in [0.15, 0.2) is 0 Å². The van der Waals surface area contributed by atoms with Crippen molar-refractivity contribution in [2.45, 2.75) is 74.4 Å². The minimum absolute atomic E-state index is 0.0454. The minimum Gasteiger partial charge on any atom is -0.263 e. The lowest BCUT2D eigenvalue weighted by Crippen LogP contribution is -2.46. The Morgan fingerprint density at radius 3 is 1.28 bits per heavy atom. The lowest BCUT2D eigenvalue weighted by Gasteiger charge is -2.44. The molecular formula is C24H30O6S2. The Kier molecular flexibility index (Phi) is 6.77. The number of benzene rings is 2. The van der Waals surface area contributed by atoms with Crippen molar-refractivity contribution < 1.29 is 25.2 Å². The standard InChI is InChI=1S/C24H30O6S2/c1-17-7-11-19(12-8-17)31(25,26)29-23-15-16-24(22-6-4-3-5-21(22)23)30-32(27,28)20-13-9-18(2)10-14-20/h7-14,21-24H,3-6,15-16H2,1-2H3/t21-,22-,23-,24+/m0/s1. The molecule has 0 aliphatic heterocycles. The summed E-state index contributed by atoms with van der Waals surface area (Å²) in [5, 5.41) is 0. The molecule has 0 amide bonds. The zero-order valence-electron chi connectivity index (χ0n) is 18.4. The Morgan fingerprint density at radius 2 is 0.938 bits per heavy atom. The number of rotatable bonds is 6. The van der Waals surface area contributed by atoms with Crippen LogP contribution >= 0.6 is 0 Å². The maximum absolute atomic E-state index is 12.9. The molecule has 2 aliphatic carbocycles. The summed E-state index contributed by atoms with van der Waals surface area (Å²) >= 11 is 0. The summed E-state index contributed by atoms with van der Waals surface area (Å²) in [5.74, 6) is -0.0908. The van der Waals surface area contributed by atoms with Crippen molar-refractivity contribution in [2.75, 3.05) is 0 Å². The molecule has 2 aliphatic rings. The quantitative estimate of drug-likeness (QED) is 0.557. The Balaban J connectivity index is 1.51. The number of hydrogen-bond acceptors (Lipinski definition) is 6. The van der Waals surface area contributed by atoms with Gasteiger partial charge in [0.05, 0.1) is 22.0 Å². The van der Waals surface area contributed by atoms with Gasteiger partial charge in [0, 0.05) is 0 Å². The summed E-state index contributed by atoms with van der Waals surface area (Å²) in [5.41, 5.74) is 1.95. The normalized spacial score (nSPS) is 26.4. The number of fused-ring (bicyclic) bond motifs is 1. The van der Waals surface area contributed by atoms with E-state index in [1.54, 1.807) is 48.5 Å². The Labute approximate surface area is 191 Å². The topological polar surface area (TPSA) is 86.7 Å². The highest BCUT2D eigenvalue weighted by atomic mass is 32.2. The van der Waals surface area contributed by atoms with E-state index in [4.69, 9.17) is 8.37 Å². The average molecular weight is 479 g/mol. The van der Waals surface area contributed by atoms with Gasteiger partial charge < -0.3 is 0 Å². The highest BCUT2D eigenvalue weighted by molar-refractivity contribution is 7.87. The highest BCUT2D eigenvalue weighted by Gasteiger charge is 2.45. The molecule has 6 nitrogen and oxygen atoms in total. The van der Waals surface area contributed by atoms with E-state index in [0.717, 1.165) is 36.8 Å². The van der Waals surface area contributed by atoms with Gasteiger partial charge in [-0.15, -0.1) is 0 Å². The first-order chi connectivity index (χ1) is 15.2. The molecular weight excluding hydrogens is 448 g/mol. The van der Waals surface area contributed by atoms with E-state index in [-0.39, 0.29) is 21.6 Å². The largest absolute Gasteiger partial charge is 0.297 e. The fraction of sp³-hybridized carbons (Fsp3) is 0.500. The maximum Gasteiger partial charge on any atom is 0.297 e. The fourth-order valence-corrected chi connectivity index (χ4v) is 7.24. The smallest absolute Gasteiger partial charge is 0.263 e. The Bertz CT molecular complexity index is 1040. The van der Waals surface area contributed by atoms with E-state index >= 15 is 0 Å². The van der Waals surface area contributed by atoms with E-state index in [1.807, 2.05) is 13.8 Å². The molecule has 2 aromatic carbocycles. The van der Waals surface area contributed by atoms with Gasteiger partial charge in [0.1, 0.15) is 0 Å². The predicted octanol–water partition coefficient (Wildman–Crippen LogP) is 4.75. The van der Waals surface area contributed by atoms with Gasteiger partial charge >= 0.3 is 0 Å². The lowest BCUT2D eigenvalue weighted by molar-refractivity contribution is -0.0356. The molecule has 2 aromatic rings. The average Bonchev–Trinajstić information content (AvgIpc) is 2.76. The van der Waals surface area contributed by atoms with E-state index in [2.05, 4.69) is 0 Å². The van der Waals surface area contributed by atoms with E-state index in [0.29, 0.717) is 12.8 Å². The van der Waals surface area contributed by atoms with Crippen molar-refractivity contribution in [3.63, 3.8) is 0 Å². The Hall–Kier alpha value is -1.74. The third kappa shape index (κ3) is 5.09. The lowest BCUT2D eigenvalue weighted by atomic mass is 9.68. The molecule has 2 saturated carbocycles. The van der Waals surface area contributed by atoms with Crippen LogP contribution in [0.2, 0.25) is 0 Å². The second-order valence-corrected chi connectivity index (χ2v) is 12.1. The Morgan fingerprint density at radius 1 is 0.594 bits per heavy atom. The second kappa shape index (κ2) is 9.25. The van der Waals surface area contributed by atoms with E-state index in [1.165, 1.54) is 0 Å². The van der Waals surface area contributed by atoms with Crippen molar-refractivity contribution in [3.05, 3.63) is 59.7 Å². The highest BCUT2D eigenvalue weighted by Crippen LogP contribution is 2.44. The SMILES string of the molecule is Cc1ccc(S(=O)(=O)O[C@H]2CC[C@@H](OS(=O)(=O)c3ccc(C)cc3)[C@H]3CCCC[C@@H]32)cc1. The molecule has 4 atom stereocenters. The van der Waals surface area contributed by atoms with Crippen LogP contribution in [0, 0.1) is 25.7 Å². The molecule has 4 rings (SSSR count). The molecule has 8 heteroatoms. The molecule has 0 bridgehead atoms. The molecule has 0 saturated heterocycles. The molecule has 0 unspecified atom stereocenters. The minimum atomic E-state index is -3.89. The van der Waals surface area contributed by atoms with Crippen LogP contribution in [-0.2, 0) is 28.6 Å². The van der Waals surface area contributed by atoms with Gasteiger partial charge in [-0.3, -0.25) is 8.37 Å². The zero-order valence-corrected chi connectivity index (χ0v) is 20.1. The van der Waals surface area contributed by atoms with E-state index < -0.39 is 32.4 Å². The summed E-state index contributed by atoms with van der Waals surface area (Å²) in [6.07, 6.45) is 3.53. The molecule has 0 aromatic heterocycles. The third-order valence-electron chi connectivity index (χ3n) is 6.69. The van der Waals surface area contributed by atoms with Crippen LogP contribution in [0.5, 0.6) is 0 Å². The molecule has 2 fully saturated rings. The van der Waals surface area contributed by atoms with Crippen LogP contribution in [-0.4, -0.2) is 29.0 Å². The van der Waals surface area contributed by atoms with Crippen LogP contribution in [0.15, 0.2) is 58.3 Å². The van der Waals surface area contributed by atoms with Crippen molar-refractivity contribution in [3.8, 4) is 0 Å². The molecule has 0 heterocycles. The molecule has 174 valence electrons. The van der Waals surface area contributed by atoms with Crippen molar-refractivity contribution in [1.82, 2.24) is 0 Å².